The van der Waals surface area contributed by atoms with Crippen molar-refractivity contribution < 1.29 is 39.6 Å². The maximum atomic E-state index is 11.7. The second kappa shape index (κ2) is 6.73. The molecule has 122 valence electrons. The van der Waals surface area contributed by atoms with Gasteiger partial charge in [-0.25, -0.2) is 0 Å². The molecular weight excluding hydrogens is 302 g/mol. The summed E-state index contributed by atoms with van der Waals surface area (Å²) in [6.07, 6.45) is -5.12. The Morgan fingerprint density at radius 3 is 1.77 bits per heavy atom. The largest absolute Gasteiger partial charge is 0.386 e. The number of azide groups is 1. The van der Waals surface area contributed by atoms with Crippen molar-refractivity contribution in [3.8, 4) is 0 Å². The predicted molar refractivity (Wildman–Crippen MR) is 68.1 cm³/mol. The fourth-order valence-corrected chi connectivity index (χ4v) is 1.82. The van der Waals surface area contributed by atoms with Gasteiger partial charge in [-0.2, -0.15) is 0 Å². The van der Waals surface area contributed by atoms with E-state index in [1.54, 1.807) is 0 Å². The van der Waals surface area contributed by atoms with Crippen LogP contribution in [0.1, 0.15) is 20.8 Å². The van der Waals surface area contributed by atoms with Gasteiger partial charge in [0.15, 0.2) is 23.0 Å². The van der Waals surface area contributed by atoms with Crippen LogP contribution < -0.4 is 0 Å². The molecular formula is C11H15N3O8. The van der Waals surface area contributed by atoms with E-state index in [0.29, 0.717) is 13.8 Å². The van der Waals surface area contributed by atoms with E-state index in [1.807, 2.05) is 4.91 Å². The first kappa shape index (κ1) is 19.8. The molecule has 0 aromatic rings. The van der Waals surface area contributed by atoms with E-state index in [4.69, 9.17) is 5.53 Å². The highest BCUT2D eigenvalue weighted by molar-refractivity contribution is 6.15. The second-order valence-corrected chi connectivity index (χ2v) is 4.58. The molecule has 0 aromatic carbocycles. The Labute approximate surface area is 123 Å². The first-order valence-electron chi connectivity index (χ1n) is 5.81. The zero-order valence-electron chi connectivity index (χ0n) is 11.9. The summed E-state index contributed by atoms with van der Waals surface area (Å²) in [7, 11) is 0. The molecule has 0 aliphatic carbocycles. The van der Waals surface area contributed by atoms with E-state index in [1.165, 1.54) is 0 Å². The summed E-state index contributed by atoms with van der Waals surface area (Å²) in [6, 6.07) is 0. The number of carbonyl (C=O) groups excluding carboxylic acids is 4. The van der Waals surface area contributed by atoms with Crippen LogP contribution in [0.2, 0.25) is 0 Å². The van der Waals surface area contributed by atoms with Gasteiger partial charge in [0.2, 0.25) is 5.60 Å². The third-order valence-electron chi connectivity index (χ3n) is 3.19. The summed E-state index contributed by atoms with van der Waals surface area (Å²) in [5.41, 5.74) is 0.923. The van der Waals surface area contributed by atoms with Crippen LogP contribution in [0.5, 0.6) is 0 Å². The number of aliphatic hydroxyl groups excluding tert-OH is 2. The van der Waals surface area contributed by atoms with Crippen LogP contribution in [0.3, 0.4) is 0 Å². The number of hydrogen-bond acceptors (Lipinski definition) is 8. The highest BCUT2D eigenvalue weighted by Crippen LogP contribution is 2.32. The minimum Gasteiger partial charge on any atom is -0.386 e. The van der Waals surface area contributed by atoms with Gasteiger partial charge in [-0.3, -0.25) is 19.2 Å². The molecule has 11 nitrogen and oxygen atoms in total. The molecule has 0 radical (unpaired) electrons. The Hall–Kier alpha value is -2.17. The van der Waals surface area contributed by atoms with E-state index in [-0.39, 0.29) is 0 Å². The van der Waals surface area contributed by atoms with Gasteiger partial charge in [-0.05, 0) is 31.4 Å². The van der Waals surface area contributed by atoms with Gasteiger partial charge in [0, 0.05) is 4.91 Å². The first-order chi connectivity index (χ1) is 9.88. The van der Waals surface area contributed by atoms with Crippen LogP contribution in [0.15, 0.2) is 5.11 Å². The van der Waals surface area contributed by atoms with Crippen molar-refractivity contribution in [1.82, 2.24) is 0 Å². The molecule has 0 spiro atoms. The molecule has 0 heterocycles. The van der Waals surface area contributed by atoms with Gasteiger partial charge >= 0.3 is 0 Å². The number of hydrogen-bond donors (Lipinski definition) is 4. The number of amides is 1. The van der Waals surface area contributed by atoms with Crippen molar-refractivity contribution in [3.63, 3.8) is 0 Å². The lowest BCUT2D eigenvalue weighted by Crippen LogP contribution is -2.73. The van der Waals surface area contributed by atoms with Crippen molar-refractivity contribution in [2.75, 3.05) is 0 Å². The Morgan fingerprint density at radius 1 is 1.05 bits per heavy atom. The lowest BCUT2D eigenvalue weighted by atomic mass is 9.71. The third kappa shape index (κ3) is 2.89. The Balaban J connectivity index is 6.47. The highest BCUT2D eigenvalue weighted by Gasteiger charge is 2.66. The summed E-state index contributed by atoms with van der Waals surface area (Å²) in [4.78, 5) is 48.0. The van der Waals surface area contributed by atoms with Gasteiger partial charge < -0.3 is 20.4 Å². The van der Waals surface area contributed by atoms with Gasteiger partial charge in [-0.15, -0.1) is 0 Å². The molecule has 11 heteroatoms. The lowest BCUT2D eigenvalue weighted by molar-refractivity contribution is -0.214. The van der Waals surface area contributed by atoms with Crippen LogP contribution in [-0.2, 0) is 19.2 Å². The van der Waals surface area contributed by atoms with Crippen LogP contribution in [0, 0.1) is 0 Å². The molecule has 0 bridgehead atoms. The van der Waals surface area contributed by atoms with Gasteiger partial charge in [0.05, 0.1) is 0 Å². The van der Waals surface area contributed by atoms with E-state index >= 15 is 0 Å². The van der Waals surface area contributed by atoms with Crippen LogP contribution in [0.25, 0.3) is 10.4 Å². The summed E-state index contributed by atoms with van der Waals surface area (Å²) < 4.78 is 0. The van der Waals surface area contributed by atoms with Gasteiger partial charge in [-0.1, -0.05) is 0 Å². The first-order valence-corrected chi connectivity index (χ1v) is 5.81. The SMILES string of the molecule is CC(=O)C(O)[C@@H](O)[C@](O)(C(C)=O)[C@](O)(C(C)=O)C(=O)N=[N+]=[N-]. The average molecular weight is 317 g/mol. The predicted octanol–water partition coefficient (Wildman–Crippen LogP) is -2.23. The van der Waals surface area contributed by atoms with E-state index < -0.39 is 46.7 Å². The fourth-order valence-electron chi connectivity index (χ4n) is 1.82. The maximum absolute atomic E-state index is 11.7. The van der Waals surface area contributed by atoms with Crippen molar-refractivity contribution >= 4 is 23.3 Å². The number of nitrogens with zero attached hydrogens (tertiary/aromatic N) is 3. The summed E-state index contributed by atoms with van der Waals surface area (Å²) in [6.45, 7) is 1.95. The quantitative estimate of drug-likeness (QED) is 0.175. The van der Waals surface area contributed by atoms with E-state index in [2.05, 4.69) is 5.11 Å². The zero-order valence-corrected chi connectivity index (χ0v) is 11.9. The number of aliphatic hydroxyl groups is 4. The third-order valence-corrected chi connectivity index (χ3v) is 3.19. The number of carbonyl (C=O) groups is 4. The molecule has 22 heavy (non-hydrogen) atoms. The highest BCUT2D eigenvalue weighted by atomic mass is 16.4. The molecule has 0 aliphatic heterocycles. The van der Waals surface area contributed by atoms with Crippen molar-refractivity contribution in [3.05, 3.63) is 10.4 Å². The molecule has 0 fully saturated rings. The topological polar surface area (TPSA) is 198 Å². The normalized spacial score (nSPS) is 18.9. The lowest BCUT2D eigenvalue weighted by Gasteiger charge is -2.41. The molecule has 0 saturated carbocycles. The minimum absolute atomic E-state index is 0.575. The zero-order chi connectivity index (χ0) is 17.9. The molecule has 1 unspecified atom stereocenters. The molecule has 0 rings (SSSR count). The Morgan fingerprint density at radius 2 is 1.50 bits per heavy atom. The minimum atomic E-state index is -3.68. The van der Waals surface area contributed by atoms with Crippen LogP contribution >= 0.6 is 0 Å². The number of rotatable bonds is 7. The van der Waals surface area contributed by atoms with Gasteiger partial charge in [0.25, 0.3) is 5.91 Å². The Bertz CT molecular complexity index is 570. The average Bonchev–Trinajstić information content (AvgIpc) is 2.43. The van der Waals surface area contributed by atoms with Crippen molar-refractivity contribution in [1.29, 1.82) is 0 Å². The molecule has 0 aliphatic rings. The van der Waals surface area contributed by atoms with Crippen molar-refractivity contribution in [2.24, 2.45) is 5.11 Å². The monoisotopic (exact) mass is 317 g/mol. The molecule has 1 amide bonds. The van der Waals surface area contributed by atoms with Crippen molar-refractivity contribution in [2.45, 2.75) is 44.2 Å². The van der Waals surface area contributed by atoms with Gasteiger partial charge in [0.1, 0.15) is 12.2 Å². The smallest absolute Gasteiger partial charge is 0.261 e. The van der Waals surface area contributed by atoms with E-state index in [9.17, 15) is 39.6 Å². The summed E-state index contributed by atoms with van der Waals surface area (Å²) >= 11 is 0. The standard InChI is InChI=1S/C11H15N3O8/c1-4(15)7(18)8(19)10(21,5(2)16)11(22,6(3)17)9(20)13-14-12/h7-8,18-19,21-22H,1-3H3/t7?,8-,10-,11+/m1/s1. The molecule has 0 saturated heterocycles. The van der Waals surface area contributed by atoms with E-state index in [0.717, 1.165) is 6.92 Å². The molecule has 4 N–H and O–H groups in total. The number of ketones is 3. The maximum Gasteiger partial charge on any atom is 0.261 e. The molecule has 4 atom stereocenters. The Kier molecular flexibility index (Phi) is 6.06. The van der Waals surface area contributed by atoms with Crippen LogP contribution in [0.4, 0.5) is 0 Å². The second-order valence-electron chi connectivity index (χ2n) is 4.58. The fraction of sp³-hybridized carbons (Fsp3) is 0.636. The van der Waals surface area contributed by atoms with Crippen LogP contribution in [-0.4, -0.2) is 67.1 Å². The number of Topliss-reactive ketones (excluding diaryl/α,β-unsaturated/α-hetero) is 3. The molecule has 0 aromatic heterocycles. The summed E-state index contributed by atoms with van der Waals surface area (Å²) in [5.74, 6) is -6.15. The summed E-state index contributed by atoms with van der Waals surface area (Å²) in [5, 5.41) is 42.2.